The van der Waals surface area contributed by atoms with Gasteiger partial charge in [-0.3, -0.25) is 9.29 Å². The molecule has 2 aromatic rings. The molecule has 2 aliphatic rings. The van der Waals surface area contributed by atoms with Crippen LogP contribution in [-0.4, -0.2) is 54.6 Å². The lowest BCUT2D eigenvalue weighted by Gasteiger charge is -2.43. The highest BCUT2D eigenvalue weighted by Gasteiger charge is 2.40. The van der Waals surface area contributed by atoms with Crippen molar-refractivity contribution in [2.45, 2.75) is 70.9 Å². The van der Waals surface area contributed by atoms with E-state index in [9.17, 15) is 13.2 Å². The largest absolute Gasteiger partial charge is 0.303 e. The third-order valence-electron chi connectivity index (χ3n) is 8.06. The fraction of sp³-hybridized carbons (Fsp3) is 0.548. The lowest BCUT2D eigenvalue weighted by molar-refractivity contribution is -0.0371. The van der Waals surface area contributed by atoms with Crippen LogP contribution in [0.25, 0.3) is 5.57 Å². The quantitative estimate of drug-likeness (QED) is 0.290. The summed E-state index contributed by atoms with van der Waals surface area (Å²) in [6, 6.07) is 7.13. The Labute approximate surface area is 223 Å². The zero-order chi connectivity index (χ0) is 27.6. The first-order valence-corrected chi connectivity index (χ1v) is 13.7. The van der Waals surface area contributed by atoms with Crippen molar-refractivity contribution in [2.75, 3.05) is 32.9 Å². The van der Waals surface area contributed by atoms with Crippen LogP contribution in [0.1, 0.15) is 73.9 Å². The first-order chi connectivity index (χ1) is 18.0. The van der Waals surface area contributed by atoms with Crippen molar-refractivity contribution in [1.29, 1.82) is 0 Å². The number of benzene rings is 2. The highest BCUT2D eigenvalue weighted by atomic mass is 19.3. The van der Waals surface area contributed by atoms with Gasteiger partial charge < -0.3 is 4.90 Å². The van der Waals surface area contributed by atoms with Crippen LogP contribution >= 0.6 is 0 Å². The maximum Gasteiger partial charge on any atom is 0.257 e. The van der Waals surface area contributed by atoms with E-state index in [0.717, 1.165) is 49.6 Å². The molecular formula is C31H39F5N2. The van der Waals surface area contributed by atoms with Gasteiger partial charge in [0.25, 0.3) is 5.92 Å². The van der Waals surface area contributed by atoms with Gasteiger partial charge >= 0.3 is 0 Å². The highest BCUT2D eigenvalue weighted by molar-refractivity contribution is 5.65. The first kappa shape index (κ1) is 28.8. The number of nitrogens with zero attached hydrogens (tertiary/aromatic N) is 2. The summed E-state index contributed by atoms with van der Waals surface area (Å²) < 4.78 is 72.7. The minimum Gasteiger partial charge on any atom is -0.303 e. The number of alkyl halides is 3. The highest BCUT2D eigenvalue weighted by Crippen LogP contribution is 2.42. The number of rotatable bonds is 10. The topological polar surface area (TPSA) is 6.48 Å². The molecule has 0 amide bonds. The molecule has 0 aliphatic carbocycles. The molecule has 0 N–H and O–H groups in total. The monoisotopic (exact) mass is 534 g/mol. The van der Waals surface area contributed by atoms with Crippen LogP contribution in [0.2, 0.25) is 0 Å². The molecule has 1 saturated heterocycles. The molecule has 2 aromatic carbocycles. The summed E-state index contributed by atoms with van der Waals surface area (Å²) in [7, 11) is 0. The molecule has 38 heavy (non-hydrogen) atoms. The van der Waals surface area contributed by atoms with Crippen molar-refractivity contribution in [2.24, 2.45) is 5.92 Å². The van der Waals surface area contributed by atoms with Gasteiger partial charge in [0.1, 0.15) is 11.6 Å². The second kappa shape index (κ2) is 11.9. The predicted molar refractivity (Wildman–Crippen MR) is 143 cm³/mol. The molecule has 0 spiro atoms. The molecule has 1 fully saturated rings. The molecule has 0 aromatic heterocycles. The predicted octanol–water partition coefficient (Wildman–Crippen LogP) is 7.60. The summed E-state index contributed by atoms with van der Waals surface area (Å²) in [5, 5.41) is 0. The van der Waals surface area contributed by atoms with E-state index in [4.69, 9.17) is 0 Å². The molecule has 208 valence electrons. The minimum atomic E-state index is -3.02. The summed E-state index contributed by atoms with van der Waals surface area (Å²) in [6.07, 6.45) is 3.19. The number of likely N-dealkylation sites (tertiary alicyclic amines) is 1. The Morgan fingerprint density at radius 2 is 1.84 bits per heavy atom. The average Bonchev–Trinajstić information content (AvgIpc) is 3.29. The second-order valence-electron chi connectivity index (χ2n) is 11.2. The molecule has 2 nitrogen and oxygen atoms in total. The van der Waals surface area contributed by atoms with E-state index in [1.807, 2.05) is 32.0 Å². The van der Waals surface area contributed by atoms with E-state index < -0.39 is 30.1 Å². The van der Waals surface area contributed by atoms with Gasteiger partial charge in [-0.15, -0.1) is 0 Å². The van der Waals surface area contributed by atoms with E-state index >= 15 is 8.78 Å². The SMILES string of the molecule is C=C(CC)c1ccc2c(c1)C[C@@H](C)N(CC(C)(F)F)C2c1c(F)cc(CC2CCN(CCCF)C2)cc1F. The van der Waals surface area contributed by atoms with E-state index in [0.29, 0.717) is 36.9 Å². The van der Waals surface area contributed by atoms with Crippen molar-refractivity contribution in [3.05, 3.63) is 76.4 Å². The van der Waals surface area contributed by atoms with Gasteiger partial charge in [-0.05, 0) is 91.5 Å². The molecule has 0 radical (unpaired) electrons. The summed E-state index contributed by atoms with van der Waals surface area (Å²) in [5.41, 5.74) is 3.87. The minimum absolute atomic E-state index is 0.177. The molecule has 0 bridgehead atoms. The lowest BCUT2D eigenvalue weighted by Crippen LogP contribution is -2.48. The van der Waals surface area contributed by atoms with Crippen molar-refractivity contribution in [1.82, 2.24) is 9.80 Å². The maximum atomic E-state index is 15.8. The lowest BCUT2D eigenvalue weighted by atomic mass is 9.82. The number of fused-ring (bicyclic) bond motifs is 1. The van der Waals surface area contributed by atoms with Crippen molar-refractivity contribution in [3.63, 3.8) is 0 Å². The number of hydrogen-bond donors (Lipinski definition) is 0. The van der Waals surface area contributed by atoms with E-state index in [-0.39, 0.29) is 24.2 Å². The van der Waals surface area contributed by atoms with Crippen LogP contribution < -0.4 is 0 Å². The second-order valence-corrected chi connectivity index (χ2v) is 11.2. The zero-order valence-electron chi connectivity index (χ0n) is 22.7. The van der Waals surface area contributed by atoms with Crippen molar-refractivity contribution >= 4 is 5.57 Å². The summed E-state index contributed by atoms with van der Waals surface area (Å²) in [6.45, 7) is 10.2. The zero-order valence-corrected chi connectivity index (χ0v) is 22.7. The van der Waals surface area contributed by atoms with Gasteiger partial charge in [-0.25, -0.2) is 17.6 Å². The number of allylic oxidation sites excluding steroid dienone is 1. The molecule has 0 saturated carbocycles. The molecular weight excluding hydrogens is 495 g/mol. The van der Waals surface area contributed by atoms with Gasteiger partial charge in [0.05, 0.1) is 19.3 Å². The Hall–Kier alpha value is -2.25. The Morgan fingerprint density at radius 3 is 2.47 bits per heavy atom. The first-order valence-electron chi connectivity index (χ1n) is 13.7. The molecule has 4 rings (SSSR count). The Kier molecular flexibility index (Phi) is 8.98. The third kappa shape index (κ3) is 6.48. The number of hydrogen-bond acceptors (Lipinski definition) is 2. The van der Waals surface area contributed by atoms with Gasteiger partial charge in [0.2, 0.25) is 0 Å². The molecule has 2 unspecified atom stereocenters. The molecule has 3 atom stereocenters. The van der Waals surface area contributed by atoms with Gasteiger partial charge in [0.15, 0.2) is 0 Å². The summed E-state index contributed by atoms with van der Waals surface area (Å²) in [5.74, 6) is -4.19. The molecule has 2 heterocycles. The standard InChI is InChI=1S/C31H39F5N2/c1-5-20(2)24-7-8-26-25(17-24)13-21(3)38(19-31(4,35)36)30(26)29-27(33)15-23(16-28(29)34)14-22-9-12-37(18-22)11-6-10-32/h7-8,15-17,21-22,30H,2,5-6,9-14,18-19H2,1,3-4H3/t21-,22?,30?/m1/s1. The van der Waals surface area contributed by atoms with Crippen LogP contribution in [0.5, 0.6) is 0 Å². The van der Waals surface area contributed by atoms with Crippen molar-refractivity contribution < 1.29 is 22.0 Å². The molecule has 7 heteroatoms. The maximum absolute atomic E-state index is 15.8. The van der Waals surface area contributed by atoms with Crippen LogP contribution in [-0.2, 0) is 12.8 Å². The Morgan fingerprint density at radius 1 is 1.13 bits per heavy atom. The Bertz CT molecular complexity index is 1120. The summed E-state index contributed by atoms with van der Waals surface area (Å²) in [4.78, 5) is 3.73. The number of halogens is 5. The smallest absolute Gasteiger partial charge is 0.257 e. The van der Waals surface area contributed by atoms with Crippen LogP contribution in [0.3, 0.4) is 0 Å². The van der Waals surface area contributed by atoms with Crippen LogP contribution in [0.4, 0.5) is 22.0 Å². The third-order valence-corrected chi connectivity index (χ3v) is 8.06. The fourth-order valence-corrected chi connectivity index (χ4v) is 6.15. The van der Waals surface area contributed by atoms with Crippen molar-refractivity contribution in [3.8, 4) is 0 Å². The summed E-state index contributed by atoms with van der Waals surface area (Å²) >= 11 is 0. The average molecular weight is 535 g/mol. The van der Waals surface area contributed by atoms with Crippen LogP contribution in [0.15, 0.2) is 36.9 Å². The van der Waals surface area contributed by atoms with Gasteiger partial charge in [-0.1, -0.05) is 31.7 Å². The normalized spacial score (nSPS) is 22.6. The Balaban J connectivity index is 1.68. The molecule has 2 aliphatic heterocycles. The fourth-order valence-electron chi connectivity index (χ4n) is 6.15. The van der Waals surface area contributed by atoms with E-state index in [1.165, 1.54) is 17.0 Å². The van der Waals surface area contributed by atoms with E-state index in [1.54, 1.807) is 0 Å². The van der Waals surface area contributed by atoms with Crippen LogP contribution in [0, 0.1) is 17.6 Å². The van der Waals surface area contributed by atoms with Gasteiger partial charge in [-0.2, -0.15) is 0 Å². The van der Waals surface area contributed by atoms with E-state index in [2.05, 4.69) is 11.5 Å². The van der Waals surface area contributed by atoms with Gasteiger partial charge in [0, 0.05) is 31.6 Å².